The predicted molar refractivity (Wildman–Crippen MR) is 170 cm³/mol. The van der Waals surface area contributed by atoms with Gasteiger partial charge in [0.25, 0.3) is 0 Å². The normalized spacial score (nSPS) is 19.5. The van der Waals surface area contributed by atoms with Crippen LogP contribution < -0.4 is 15.8 Å². The molecule has 2 aliphatic heterocycles. The van der Waals surface area contributed by atoms with E-state index in [0.29, 0.717) is 51.3 Å². The Bertz CT molecular complexity index is 1660. The lowest BCUT2D eigenvalue weighted by molar-refractivity contribution is -0.0312. The van der Waals surface area contributed by atoms with Gasteiger partial charge in [0.05, 0.1) is 34.4 Å². The van der Waals surface area contributed by atoms with Gasteiger partial charge < -0.3 is 30.7 Å². The van der Waals surface area contributed by atoms with Gasteiger partial charge in [-0.2, -0.15) is 4.31 Å². The minimum Gasteiger partial charge on any atom is -0.491 e. The lowest BCUT2D eigenvalue weighted by Gasteiger charge is -2.38. The van der Waals surface area contributed by atoms with Crippen molar-refractivity contribution < 1.29 is 36.5 Å². The monoisotopic (exact) mass is 659 g/mol. The van der Waals surface area contributed by atoms with E-state index < -0.39 is 38.2 Å². The molecule has 0 amide bonds. The Hall–Kier alpha value is -2.88. The number of piperidine rings is 1. The average Bonchev–Trinajstić information content (AvgIpc) is 3.45. The zero-order valence-electron chi connectivity index (χ0n) is 25.0. The third kappa shape index (κ3) is 8.10. The molecule has 244 valence electrons. The van der Waals surface area contributed by atoms with E-state index >= 15 is 0 Å². The third-order valence-corrected chi connectivity index (χ3v) is 12.0. The molecule has 13 heteroatoms. The molecule has 3 aromatic carbocycles. The lowest BCUT2D eigenvalue weighted by Crippen LogP contribution is -2.47. The fraction of sp³-hybridized carbons (Fsp3) is 0.438. The molecule has 1 unspecified atom stereocenters. The van der Waals surface area contributed by atoms with Gasteiger partial charge >= 0.3 is 0 Å². The van der Waals surface area contributed by atoms with Gasteiger partial charge in [0.2, 0.25) is 10.0 Å². The van der Waals surface area contributed by atoms with Gasteiger partial charge in [-0.25, -0.2) is 16.8 Å². The molecule has 0 radical (unpaired) electrons. The minimum absolute atomic E-state index is 0.00268. The number of hydrogen-bond donors (Lipinski definition) is 4. The lowest BCUT2D eigenvalue weighted by atomic mass is 9.88. The molecule has 2 atom stereocenters. The summed E-state index contributed by atoms with van der Waals surface area (Å²) in [6.07, 6.45) is 1.01. The molecule has 2 aliphatic rings. The molecule has 1 spiro atoms. The van der Waals surface area contributed by atoms with Crippen molar-refractivity contribution in [3.8, 4) is 16.9 Å². The van der Waals surface area contributed by atoms with E-state index in [-0.39, 0.29) is 34.7 Å². The molecule has 0 aromatic heterocycles. The Kier molecular flexibility index (Phi) is 10.6. The summed E-state index contributed by atoms with van der Waals surface area (Å²) >= 11 is 0. The predicted octanol–water partition coefficient (Wildman–Crippen LogP) is 1.92. The van der Waals surface area contributed by atoms with E-state index in [1.165, 1.54) is 16.4 Å². The van der Waals surface area contributed by atoms with E-state index in [4.69, 9.17) is 20.3 Å². The van der Waals surface area contributed by atoms with Crippen LogP contribution in [-0.2, 0) is 31.1 Å². The van der Waals surface area contributed by atoms with E-state index in [9.17, 15) is 21.9 Å². The summed E-state index contributed by atoms with van der Waals surface area (Å²) in [6.45, 7) is 1.35. The summed E-state index contributed by atoms with van der Waals surface area (Å²) < 4.78 is 64.8. The molecular formula is C32H41N3O8S2. The van der Waals surface area contributed by atoms with Crippen LogP contribution in [-0.4, -0.2) is 94.3 Å². The largest absolute Gasteiger partial charge is 0.491 e. The van der Waals surface area contributed by atoms with Crippen LogP contribution in [0.2, 0.25) is 0 Å². The van der Waals surface area contributed by atoms with Gasteiger partial charge in [-0.15, -0.1) is 0 Å². The molecule has 5 rings (SSSR count). The summed E-state index contributed by atoms with van der Waals surface area (Å²) in [4.78, 5) is 0.316. The molecule has 5 N–H and O–H groups in total. The number of nitrogens with two attached hydrogens (primary N) is 1. The van der Waals surface area contributed by atoms with Crippen molar-refractivity contribution in [3.05, 3.63) is 78.4 Å². The van der Waals surface area contributed by atoms with Crippen molar-refractivity contribution in [1.29, 1.82) is 0 Å². The number of ether oxygens (including phenoxy) is 2. The number of nitrogens with one attached hydrogen (secondary N) is 1. The summed E-state index contributed by atoms with van der Waals surface area (Å²) in [6, 6.07) is 20.8. The van der Waals surface area contributed by atoms with E-state index in [2.05, 4.69) is 5.32 Å². The van der Waals surface area contributed by atoms with Crippen LogP contribution in [0.3, 0.4) is 0 Å². The van der Waals surface area contributed by atoms with Crippen molar-refractivity contribution in [2.24, 2.45) is 5.73 Å². The standard InChI is InChI=1S/C32H41N3O8S2/c33-20-24-7-9-25(10-8-24)26-3-1-6-31(17-26)45(40,41)35-13-11-32(12-14-35)19-27(22-43-32)34-21-28(37)23-42-29-4-2-5-30(18-29)44(38,39)16-15-36/h1-10,17-18,27-28,34,36-37H,11-16,19-23,33H2/t27-,28?/m1/s1. The quantitative estimate of drug-likeness (QED) is 0.213. The Balaban J connectivity index is 1.10. The van der Waals surface area contributed by atoms with Crippen LogP contribution in [0, 0.1) is 0 Å². The number of aliphatic hydroxyl groups is 2. The highest BCUT2D eigenvalue weighted by Gasteiger charge is 2.44. The second-order valence-corrected chi connectivity index (χ2v) is 15.7. The fourth-order valence-electron chi connectivity index (χ4n) is 5.83. The third-order valence-electron chi connectivity index (χ3n) is 8.45. The van der Waals surface area contributed by atoms with Crippen molar-refractivity contribution in [2.45, 2.75) is 53.3 Å². The fourth-order valence-corrected chi connectivity index (χ4v) is 8.37. The molecule has 3 aromatic rings. The van der Waals surface area contributed by atoms with Gasteiger partial charge in [-0.3, -0.25) is 0 Å². The highest BCUT2D eigenvalue weighted by atomic mass is 32.2. The first-order valence-electron chi connectivity index (χ1n) is 15.1. The van der Waals surface area contributed by atoms with E-state index in [0.717, 1.165) is 16.7 Å². The summed E-state index contributed by atoms with van der Waals surface area (Å²) in [7, 11) is -7.28. The number of benzene rings is 3. The maximum absolute atomic E-state index is 13.6. The molecule has 2 heterocycles. The molecule has 0 aliphatic carbocycles. The first-order chi connectivity index (χ1) is 21.5. The second-order valence-electron chi connectivity index (χ2n) is 11.6. The number of sulfonamides is 1. The van der Waals surface area contributed by atoms with Gasteiger partial charge in [0.15, 0.2) is 9.84 Å². The molecule has 0 saturated carbocycles. The molecule has 0 bridgehead atoms. The molecule has 2 fully saturated rings. The number of aliphatic hydroxyl groups excluding tert-OH is 2. The number of sulfone groups is 1. The Morgan fingerprint density at radius 3 is 2.40 bits per heavy atom. The maximum Gasteiger partial charge on any atom is 0.243 e. The zero-order valence-corrected chi connectivity index (χ0v) is 26.7. The summed E-state index contributed by atoms with van der Waals surface area (Å²) in [5.74, 6) is -0.0628. The highest BCUT2D eigenvalue weighted by Crippen LogP contribution is 2.37. The molecule has 2 saturated heterocycles. The Morgan fingerprint density at radius 2 is 1.69 bits per heavy atom. The molecule has 45 heavy (non-hydrogen) atoms. The minimum atomic E-state index is -3.68. The van der Waals surface area contributed by atoms with Crippen LogP contribution in [0.15, 0.2) is 82.6 Å². The zero-order chi connectivity index (χ0) is 32.1. The van der Waals surface area contributed by atoms with Crippen LogP contribution in [0.4, 0.5) is 0 Å². The van der Waals surface area contributed by atoms with Gasteiger partial charge in [0, 0.05) is 32.2 Å². The van der Waals surface area contributed by atoms with Crippen LogP contribution in [0.1, 0.15) is 24.8 Å². The van der Waals surface area contributed by atoms with Crippen LogP contribution in [0.25, 0.3) is 11.1 Å². The number of nitrogens with zero attached hydrogens (tertiary/aromatic N) is 1. The average molecular weight is 660 g/mol. The van der Waals surface area contributed by atoms with Gasteiger partial charge in [0.1, 0.15) is 18.5 Å². The topological polar surface area (TPSA) is 168 Å². The first-order valence-corrected chi connectivity index (χ1v) is 18.1. The van der Waals surface area contributed by atoms with Crippen molar-refractivity contribution in [3.63, 3.8) is 0 Å². The van der Waals surface area contributed by atoms with Gasteiger partial charge in [-0.05, 0) is 66.3 Å². The van der Waals surface area contributed by atoms with Crippen molar-refractivity contribution in [1.82, 2.24) is 9.62 Å². The summed E-state index contributed by atoms with van der Waals surface area (Å²) in [5.41, 5.74) is 8.04. The number of hydrogen-bond acceptors (Lipinski definition) is 10. The number of rotatable bonds is 13. The van der Waals surface area contributed by atoms with Crippen LogP contribution in [0.5, 0.6) is 5.75 Å². The smallest absolute Gasteiger partial charge is 0.243 e. The first kappa shape index (κ1) is 33.5. The van der Waals surface area contributed by atoms with E-state index in [1.807, 2.05) is 30.3 Å². The Labute approximate surface area is 264 Å². The van der Waals surface area contributed by atoms with Crippen LogP contribution >= 0.6 is 0 Å². The second kappa shape index (κ2) is 14.3. The Morgan fingerprint density at radius 1 is 0.978 bits per heavy atom. The molecular weight excluding hydrogens is 618 g/mol. The molecule has 11 nitrogen and oxygen atoms in total. The van der Waals surface area contributed by atoms with Crippen molar-refractivity contribution >= 4 is 19.9 Å². The highest BCUT2D eigenvalue weighted by molar-refractivity contribution is 7.91. The van der Waals surface area contributed by atoms with Gasteiger partial charge in [-0.1, -0.05) is 42.5 Å². The maximum atomic E-state index is 13.6. The summed E-state index contributed by atoms with van der Waals surface area (Å²) in [5, 5.41) is 22.8. The van der Waals surface area contributed by atoms with Crippen molar-refractivity contribution in [2.75, 3.05) is 45.2 Å². The SMILES string of the molecule is NCc1ccc(-c2cccc(S(=O)(=O)N3CCC4(CC3)C[C@@H](NCC(O)COc3cccc(S(=O)(=O)CCO)c3)CO4)c2)cc1. The van der Waals surface area contributed by atoms with E-state index in [1.54, 1.807) is 30.3 Å².